The standard InChI is InChI=1S/C28H27N7O3/c1-18-7-8-29-27(9-18)33-28(36)17-35(21-10-22(37-3)13-23(11-21)38-4)20-5-6-24-25(12-20)32-26(15-30-24)19-14-31-34(2)16-19/h5-16H,17H2,1-4H3,(H,29,33,36). The third-order valence-corrected chi connectivity index (χ3v) is 5.97. The highest BCUT2D eigenvalue weighted by Crippen LogP contribution is 2.34. The van der Waals surface area contributed by atoms with Gasteiger partial charge in [-0.15, -0.1) is 0 Å². The van der Waals surface area contributed by atoms with Crippen molar-refractivity contribution in [2.24, 2.45) is 7.05 Å². The van der Waals surface area contributed by atoms with Gasteiger partial charge in [-0.2, -0.15) is 5.10 Å². The molecule has 2 aromatic carbocycles. The van der Waals surface area contributed by atoms with Crippen molar-refractivity contribution in [2.75, 3.05) is 31.0 Å². The molecule has 0 atom stereocenters. The zero-order valence-corrected chi connectivity index (χ0v) is 21.5. The maximum atomic E-state index is 13.2. The van der Waals surface area contributed by atoms with Crippen LogP contribution in [0.25, 0.3) is 22.3 Å². The van der Waals surface area contributed by atoms with Crippen molar-refractivity contribution in [2.45, 2.75) is 6.92 Å². The van der Waals surface area contributed by atoms with Crippen LogP contribution in [0.15, 0.2) is 73.3 Å². The Bertz CT molecular complexity index is 1590. The summed E-state index contributed by atoms with van der Waals surface area (Å²) in [6, 6.07) is 14.9. The number of hydrogen-bond acceptors (Lipinski definition) is 8. The summed E-state index contributed by atoms with van der Waals surface area (Å²) in [7, 11) is 5.03. The molecule has 1 amide bonds. The molecule has 0 aliphatic rings. The first-order chi connectivity index (χ1) is 18.4. The minimum atomic E-state index is -0.236. The van der Waals surface area contributed by atoms with Gasteiger partial charge in [0, 0.05) is 54.6 Å². The van der Waals surface area contributed by atoms with Crippen LogP contribution in [0.3, 0.4) is 0 Å². The molecule has 3 aromatic heterocycles. The molecule has 0 fully saturated rings. The lowest BCUT2D eigenvalue weighted by Crippen LogP contribution is -2.30. The maximum absolute atomic E-state index is 13.2. The van der Waals surface area contributed by atoms with Crippen molar-refractivity contribution in [1.29, 1.82) is 0 Å². The molecule has 0 radical (unpaired) electrons. The molecule has 192 valence electrons. The predicted molar refractivity (Wildman–Crippen MR) is 146 cm³/mol. The molecule has 0 saturated carbocycles. The topological polar surface area (TPSA) is 107 Å². The maximum Gasteiger partial charge on any atom is 0.245 e. The zero-order valence-electron chi connectivity index (χ0n) is 21.5. The lowest BCUT2D eigenvalue weighted by atomic mass is 10.2. The lowest BCUT2D eigenvalue weighted by Gasteiger charge is -2.25. The van der Waals surface area contributed by atoms with Crippen LogP contribution < -0.4 is 19.7 Å². The molecule has 5 rings (SSSR count). The fraction of sp³-hybridized carbons (Fsp3) is 0.179. The fourth-order valence-electron chi connectivity index (χ4n) is 4.07. The molecule has 0 saturated heterocycles. The van der Waals surface area contributed by atoms with Gasteiger partial charge in [0.1, 0.15) is 23.9 Å². The van der Waals surface area contributed by atoms with Crippen molar-refractivity contribution in [3.05, 3.63) is 78.9 Å². The first kappa shape index (κ1) is 24.7. The number of nitrogens with zero attached hydrogens (tertiary/aromatic N) is 6. The average molecular weight is 510 g/mol. The van der Waals surface area contributed by atoms with E-state index in [2.05, 4.69) is 20.4 Å². The predicted octanol–water partition coefficient (Wildman–Crippen LogP) is 4.53. The minimum Gasteiger partial charge on any atom is -0.497 e. The summed E-state index contributed by atoms with van der Waals surface area (Å²) in [5.41, 5.74) is 5.46. The number of rotatable bonds is 8. The Morgan fingerprint density at radius 2 is 1.74 bits per heavy atom. The number of methoxy groups -OCH3 is 2. The third-order valence-electron chi connectivity index (χ3n) is 5.97. The number of aromatic nitrogens is 5. The summed E-state index contributed by atoms with van der Waals surface area (Å²) >= 11 is 0. The summed E-state index contributed by atoms with van der Waals surface area (Å²) in [6.07, 6.45) is 7.03. The number of pyridine rings is 1. The zero-order chi connectivity index (χ0) is 26.6. The summed E-state index contributed by atoms with van der Waals surface area (Å²) in [6.45, 7) is 1.95. The second kappa shape index (κ2) is 10.6. The van der Waals surface area contributed by atoms with E-state index < -0.39 is 0 Å². The Kier molecular flexibility index (Phi) is 6.86. The molecule has 3 heterocycles. The van der Waals surface area contributed by atoms with Crippen LogP contribution in [0.4, 0.5) is 17.2 Å². The quantitative estimate of drug-likeness (QED) is 0.325. The molecule has 0 bridgehead atoms. The smallest absolute Gasteiger partial charge is 0.245 e. The van der Waals surface area contributed by atoms with Gasteiger partial charge in [-0.05, 0) is 42.8 Å². The number of benzene rings is 2. The highest BCUT2D eigenvalue weighted by atomic mass is 16.5. The largest absolute Gasteiger partial charge is 0.497 e. The lowest BCUT2D eigenvalue weighted by molar-refractivity contribution is -0.114. The van der Waals surface area contributed by atoms with Gasteiger partial charge in [0.25, 0.3) is 0 Å². The number of ether oxygens (including phenoxy) is 2. The van der Waals surface area contributed by atoms with Crippen LogP contribution in [-0.2, 0) is 11.8 Å². The van der Waals surface area contributed by atoms with Gasteiger partial charge in [-0.3, -0.25) is 14.5 Å². The van der Waals surface area contributed by atoms with E-state index in [4.69, 9.17) is 14.5 Å². The number of carbonyl (C=O) groups excluding carboxylic acids is 1. The minimum absolute atomic E-state index is 0.00712. The van der Waals surface area contributed by atoms with E-state index in [1.54, 1.807) is 43.6 Å². The Balaban J connectivity index is 1.55. The Labute approximate surface area is 219 Å². The number of aryl methyl sites for hydroxylation is 2. The number of carbonyl (C=O) groups is 1. The van der Waals surface area contributed by atoms with Crippen molar-refractivity contribution in [1.82, 2.24) is 24.7 Å². The van der Waals surface area contributed by atoms with Gasteiger partial charge >= 0.3 is 0 Å². The van der Waals surface area contributed by atoms with E-state index in [1.165, 1.54) is 0 Å². The van der Waals surface area contributed by atoms with E-state index in [0.29, 0.717) is 34.2 Å². The normalized spacial score (nSPS) is 10.8. The molecular weight excluding hydrogens is 482 g/mol. The van der Waals surface area contributed by atoms with Gasteiger partial charge in [0.15, 0.2) is 0 Å². The summed E-state index contributed by atoms with van der Waals surface area (Å²) in [5, 5.41) is 7.12. The highest BCUT2D eigenvalue weighted by molar-refractivity contribution is 5.95. The SMILES string of the molecule is COc1cc(OC)cc(N(CC(=O)Nc2cc(C)ccn2)c2ccc3ncc(-c4cnn(C)c4)nc3c2)c1. The van der Waals surface area contributed by atoms with E-state index in [9.17, 15) is 4.79 Å². The molecule has 0 spiro atoms. The summed E-state index contributed by atoms with van der Waals surface area (Å²) < 4.78 is 12.7. The summed E-state index contributed by atoms with van der Waals surface area (Å²) in [5.74, 6) is 1.46. The van der Waals surface area contributed by atoms with Crippen LogP contribution in [0.1, 0.15) is 5.56 Å². The second-order valence-corrected chi connectivity index (χ2v) is 8.75. The van der Waals surface area contributed by atoms with Gasteiger partial charge in [0.05, 0.1) is 43.3 Å². The monoisotopic (exact) mass is 509 g/mol. The van der Waals surface area contributed by atoms with Gasteiger partial charge in [-0.25, -0.2) is 9.97 Å². The van der Waals surface area contributed by atoms with Crippen LogP contribution in [0.5, 0.6) is 11.5 Å². The van der Waals surface area contributed by atoms with Crippen molar-refractivity contribution < 1.29 is 14.3 Å². The Morgan fingerprint density at radius 3 is 2.42 bits per heavy atom. The van der Waals surface area contributed by atoms with Crippen molar-refractivity contribution >= 4 is 34.1 Å². The number of amides is 1. The van der Waals surface area contributed by atoms with Gasteiger partial charge in [-0.1, -0.05) is 0 Å². The van der Waals surface area contributed by atoms with E-state index in [1.807, 2.05) is 67.5 Å². The van der Waals surface area contributed by atoms with Crippen molar-refractivity contribution in [3.8, 4) is 22.8 Å². The van der Waals surface area contributed by atoms with E-state index in [0.717, 1.165) is 22.3 Å². The molecule has 0 unspecified atom stereocenters. The van der Waals surface area contributed by atoms with Crippen LogP contribution in [-0.4, -0.2) is 51.4 Å². The first-order valence-corrected chi connectivity index (χ1v) is 11.9. The molecule has 5 aromatic rings. The average Bonchev–Trinajstić information content (AvgIpc) is 3.37. The molecule has 0 aliphatic carbocycles. The van der Waals surface area contributed by atoms with E-state index >= 15 is 0 Å². The molecule has 0 aliphatic heterocycles. The Hall–Kier alpha value is -4.99. The fourth-order valence-corrected chi connectivity index (χ4v) is 4.07. The molecular formula is C28H27N7O3. The van der Waals surface area contributed by atoms with Gasteiger partial charge < -0.3 is 19.7 Å². The number of fused-ring (bicyclic) bond motifs is 1. The Morgan fingerprint density at radius 1 is 0.947 bits per heavy atom. The first-order valence-electron chi connectivity index (χ1n) is 11.9. The summed E-state index contributed by atoms with van der Waals surface area (Å²) in [4.78, 5) is 28.7. The van der Waals surface area contributed by atoms with Crippen LogP contribution in [0, 0.1) is 6.92 Å². The highest BCUT2D eigenvalue weighted by Gasteiger charge is 2.18. The van der Waals surface area contributed by atoms with Gasteiger partial charge in [0.2, 0.25) is 5.91 Å². The van der Waals surface area contributed by atoms with E-state index in [-0.39, 0.29) is 12.5 Å². The second-order valence-electron chi connectivity index (χ2n) is 8.75. The molecule has 38 heavy (non-hydrogen) atoms. The molecule has 10 heteroatoms. The number of hydrogen-bond donors (Lipinski definition) is 1. The molecule has 10 nitrogen and oxygen atoms in total. The number of anilines is 3. The number of nitrogens with one attached hydrogen (secondary N) is 1. The van der Waals surface area contributed by atoms with Crippen LogP contribution >= 0.6 is 0 Å². The van der Waals surface area contributed by atoms with Crippen molar-refractivity contribution in [3.63, 3.8) is 0 Å². The molecule has 1 N–H and O–H groups in total. The van der Waals surface area contributed by atoms with Crippen LogP contribution in [0.2, 0.25) is 0 Å². The third kappa shape index (κ3) is 5.39.